The SMILES string of the molecule is Cc1occc1CN(C)c1ncc(C(=O)O)cn1. The highest BCUT2D eigenvalue weighted by atomic mass is 16.4. The molecular weight excluding hydrogens is 234 g/mol. The fraction of sp³-hybridized carbons (Fsp3) is 0.250. The number of aromatic carboxylic acids is 1. The third kappa shape index (κ3) is 2.48. The molecule has 0 atom stereocenters. The van der Waals surface area contributed by atoms with Crippen LogP contribution < -0.4 is 4.90 Å². The van der Waals surface area contributed by atoms with Crippen LogP contribution in [0.3, 0.4) is 0 Å². The second-order valence-electron chi connectivity index (χ2n) is 3.93. The van der Waals surface area contributed by atoms with Crippen molar-refractivity contribution in [3.8, 4) is 0 Å². The van der Waals surface area contributed by atoms with Gasteiger partial charge in [0.05, 0.1) is 11.8 Å². The van der Waals surface area contributed by atoms with Crippen LogP contribution in [-0.4, -0.2) is 28.1 Å². The predicted molar refractivity (Wildman–Crippen MR) is 64.5 cm³/mol. The van der Waals surface area contributed by atoms with Crippen molar-refractivity contribution >= 4 is 11.9 Å². The number of furan rings is 1. The summed E-state index contributed by atoms with van der Waals surface area (Å²) < 4.78 is 5.21. The summed E-state index contributed by atoms with van der Waals surface area (Å²) in [6.45, 7) is 2.49. The summed E-state index contributed by atoms with van der Waals surface area (Å²) in [5.74, 6) is 0.291. The summed E-state index contributed by atoms with van der Waals surface area (Å²) in [4.78, 5) is 20.5. The molecule has 94 valence electrons. The number of hydrogen-bond donors (Lipinski definition) is 1. The Kier molecular flexibility index (Phi) is 3.27. The Labute approximate surface area is 104 Å². The quantitative estimate of drug-likeness (QED) is 0.886. The minimum Gasteiger partial charge on any atom is -0.478 e. The second-order valence-corrected chi connectivity index (χ2v) is 3.93. The molecule has 2 aromatic heterocycles. The van der Waals surface area contributed by atoms with E-state index in [4.69, 9.17) is 9.52 Å². The average Bonchev–Trinajstić information content (AvgIpc) is 2.75. The Bertz CT molecular complexity index is 548. The highest BCUT2D eigenvalue weighted by Crippen LogP contribution is 2.14. The number of carboxylic acids is 1. The fourth-order valence-electron chi connectivity index (χ4n) is 1.53. The van der Waals surface area contributed by atoms with Crippen LogP contribution in [0.4, 0.5) is 5.95 Å². The summed E-state index contributed by atoms with van der Waals surface area (Å²) in [7, 11) is 1.84. The van der Waals surface area contributed by atoms with Crippen LogP contribution in [-0.2, 0) is 6.54 Å². The average molecular weight is 247 g/mol. The summed E-state index contributed by atoms with van der Waals surface area (Å²) >= 11 is 0. The van der Waals surface area contributed by atoms with Crippen molar-refractivity contribution in [2.45, 2.75) is 13.5 Å². The maximum absolute atomic E-state index is 10.7. The topological polar surface area (TPSA) is 79.5 Å². The fourth-order valence-corrected chi connectivity index (χ4v) is 1.53. The van der Waals surface area contributed by atoms with Crippen molar-refractivity contribution in [2.24, 2.45) is 0 Å². The lowest BCUT2D eigenvalue weighted by Gasteiger charge is -2.16. The molecule has 2 heterocycles. The third-order valence-corrected chi connectivity index (χ3v) is 2.60. The van der Waals surface area contributed by atoms with Gasteiger partial charge in [-0.2, -0.15) is 0 Å². The molecule has 0 aliphatic heterocycles. The van der Waals surface area contributed by atoms with E-state index in [2.05, 4.69) is 9.97 Å². The second kappa shape index (κ2) is 4.87. The highest BCUT2D eigenvalue weighted by Gasteiger charge is 2.10. The molecule has 1 N–H and O–H groups in total. The van der Waals surface area contributed by atoms with Gasteiger partial charge in [-0.1, -0.05) is 0 Å². The van der Waals surface area contributed by atoms with Crippen molar-refractivity contribution in [3.63, 3.8) is 0 Å². The Morgan fingerprint density at radius 3 is 2.61 bits per heavy atom. The van der Waals surface area contributed by atoms with Crippen LogP contribution in [0.5, 0.6) is 0 Å². The number of aryl methyl sites for hydroxylation is 1. The van der Waals surface area contributed by atoms with E-state index in [0.29, 0.717) is 12.5 Å². The smallest absolute Gasteiger partial charge is 0.338 e. The standard InChI is InChI=1S/C12H13N3O3/c1-8-9(3-4-18-8)7-15(2)12-13-5-10(6-14-12)11(16)17/h3-6H,7H2,1-2H3,(H,16,17). The molecule has 6 nitrogen and oxygen atoms in total. The van der Waals surface area contributed by atoms with Gasteiger partial charge in [-0.25, -0.2) is 14.8 Å². The molecule has 2 rings (SSSR count). The molecule has 0 amide bonds. The van der Waals surface area contributed by atoms with Gasteiger partial charge in [-0.15, -0.1) is 0 Å². The molecule has 0 fully saturated rings. The van der Waals surface area contributed by atoms with Crippen LogP contribution in [0, 0.1) is 6.92 Å². The third-order valence-electron chi connectivity index (χ3n) is 2.60. The first-order valence-electron chi connectivity index (χ1n) is 5.37. The van der Waals surface area contributed by atoms with Crippen molar-refractivity contribution in [1.82, 2.24) is 9.97 Å². The van der Waals surface area contributed by atoms with Gasteiger partial charge in [0.15, 0.2) is 0 Å². The maximum Gasteiger partial charge on any atom is 0.338 e. The molecule has 0 unspecified atom stereocenters. The van der Waals surface area contributed by atoms with Gasteiger partial charge in [0, 0.05) is 31.5 Å². The Morgan fingerprint density at radius 2 is 2.11 bits per heavy atom. The van der Waals surface area contributed by atoms with E-state index < -0.39 is 5.97 Å². The molecule has 2 aromatic rings. The van der Waals surface area contributed by atoms with E-state index >= 15 is 0 Å². The number of aromatic nitrogens is 2. The first kappa shape index (κ1) is 12.1. The molecule has 18 heavy (non-hydrogen) atoms. The van der Waals surface area contributed by atoms with Crippen LogP contribution in [0.1, 0.15) is 21.7 Å². The summed E-state index contributed by atoms with van der Waals surface area (Å²) in [5, 5.41) is 8.75. The zero-order valence-electron chi connectivity index (χ0n) is 10.1. The molecule has 0 radical (unpaired) electrons. The number of anilines is 1. The zero-order valence-corrected chi connectivity index (χ0v) is 10.1. The first-order valence-corrected chi connectivity index (χ1v) is 5.37. The Morgan fingerprint density at radius 1 is 1.44 bits per heavy atom. The van der Waals surface area contributed by atoms with Gasteiger partial charge in [-0.3, -0.25) is 0 Å². The monoisotopic (exact) mass is 247 g/mol. The summed E-state index contributed by atoms with van der Waals surface area (Å²) in [6.07, 6.45) is 4.22. The molecular formula is C12H13N3O3. The van der Waals surface area contributed by atoms with Crippen molar-refractivity contribution < 1.29 is 14.3 Å². The van der Waals surface area contributed by atoms with E-state index in [0.717, 1.165) is 11.3 Å². The summed E-state index contributed by atoms with van der Waals surface area (Å²) in [6, 6.07) is 1.89. The molecule has 0 bridgehead atoms. The Hall–Kier alpha value is -2.37. The molecule has 0 aromatic carbocycles. The van der Waals surface area contributed by atoms with Gasteiger partial charge < -0.3 is 14.4 Å². The number of rotatable bonds is 4. The van der Waals surface area contributed by atoms with Crippen LogP contribution in [0.25, 0.3) is 0 Å². The first-order chi connectivity index (χ1) is 8.58. The van der Waals surface area contributed by atoms with Gasteiger partial charge >= 0.3 is 5.97 Å². The molecule has 0 saturated heterocycles. The number of carbonyl (C=O) groups is 1. The lowest BCUT2D eigenvalue weighted by atomic mass is 10.2. The minimum absolute atomic E-state index is 0.0756. The van der Waals surface area contributed by atoms with Gasteiger partial charge in [0.1, 0.15) is 5.76 Å². The van der Waals surface area contributed by atoms with E-state index in [1.54, 1.807) is 6.26 Å². The van der Waals surface area contributed by atoms with E-state index in [1.165, 1.54) is 12.4 Å². The Balaban J connectivity index is 2.12. The highest BCUT2D eigenvalue weighted by molar-refractivity contribution is 5.86. The van der Waals surface area contributed by atoms with E-state index in [1.807, 2.05) is 24.9 Å². The van der Waals surface area contributed by atoms with Crippen molar-refractivity contribution in [1.29, 1.82) is 0 Å². The summed E-state index contributed by atoms with van der Waals surface area (Å²) in [5.41, 5.74) is 1.12. The molecule has 0 spiro atoms. The van der Waals surface area contributed by atoms with Gasteiger partial charge in [-0.05, 0) is 13.0 Å². The van der Waals surface area contributed by atoms with Crippen LogP contribution >= 0.6 is 0 Å². The maximum atomic E-state index is 10.7. The van der Waals surface area contributed by atoms with Crippen molar-refractivity contribution in [3.05, 3.63) is 41.6 Å². The largest absolute Gasteiger partial charge is 0.478 e. The van der Waals surface area contributed by atoms with Gasteiger partial charge in [0.2, 0.25) is 5.95 Å². The molecule has 6 heteroatoms. The number of nitrogens with zero attached hydrogens (tertiary/aromatic N) is 3. The minimum atomic E-state index is -1.03. The normalized spacial score (nSPS) is 10.3. The molecule has 0 saturated carbocycles. The van der Waals surface area contributed by atoms with Crippen LogP contribution in [0.2, 0.25) is 0 Å². The number of hydrogen-bond acceptors (Lipinski definition) is 5. The van der Waals surface area contributed by atoms with Gasteiger partial charge in [0.25, 0.3) is 0 Å². The van der Waals surface area contributed by atoms with Crippen LogP contribution in [0.15, 0.2) is 29.1 Å². The lowest BCUT2D eigenvalue weighted by molar-refractivity contribution is 0.0696. The van der Waals surface area contributed by atoms with Crippen molar-refractivity contribution in [2.75, 3.05) is 11.9 Å². The predicted octanol–water partition coefficient (Wildman–Crippen LogP) is 1.71. The molecule has 0 aliphatic rings. The lowest BCUT2D eigenvalue weighted by Crippen LogP contribution is -2.19. The van der Waals surface area contributed by atoms with E-state index in [-0.39, 0.29) is 5.56 Å². The van der Waals surface area contributed by atoms with E-state index in [9.17, 15) is 4.79 Å². The zero-order chi connectivity index (χ0) is 13.1. The molecule has 0 aliphatic carbocycles. The number of carboxylic acid groups (broad SMARTS) is 1.